The number of carbonyl (C=O) groups is 2. The molecule has 9 nitrogen and oxygen atoms in total. The third-order valence-corrected chi connectivity index (χ3v) is 7.42. The number of nitrogens with one attached hydrogen (secondary N) is 2. The van der Waals surface area contributed by atoms with E-state index < -0.39 is 24.3 Å². The summed E-state index contributed by atoms with van der Waals surface area (Å²) in [5.74, 6) is -0.873. The van der Waals surface area contributed by atoms with Crippen LogP contribution in [0.5, 0.6) is 0 Å². The first-order valence-electron chi connectivity index (χ1n) is 11.7. The molecular weight excluding hydrogens is 420 g/mol. The molecule has 2 unspecified atom stereocenters. The maximum Gasteiger partial charge on any atom is 0.317 e. The normalized spacial score (nSPS) is 25.9. The third kappa shape index (κ3) is 4.13. The van der Waals surface area contributed by atoms with E-state index in [1.807, 2.05) is 18.6 Å². The molecule has 33 heavy (non-hydrogen) atoms. The molecule has 3 aromatic heterocycles. The predicted octanol–water partition coefficient (Wildman–Crippen LogP) is 2.70. The van der Waals surface area contributed by atoms with Crippen molar-refractivity contribution in [2.75, 3.05) is 19.7 Å². The lowest BCUT2D eigenvalue weighted by atomic mass is 9.80. The van der Waals surface area contributed by atoms with Gasteiger partial charge in [-0.25, -0.2) is 14.9 Å². The Morgan fingerprint density at radius 3 is 2.73 bits per heavy atom. The zero-order valence-electron chi connectivity index (χ0n) is 18.5. The van der Waals surface area contributed by atoms with Gasteiger partial charge in [0.25, 0.3) is 0 Å². The number of fused-ring (bicyclic) bond motifs is 3. The fourth-order valence-corrected chi connectivity index (χ4v) is 5.59. The molecule has 5 rings (SSSR count). The summed E-state index contributed by atoms with van der Waals surface area (Å²) in [6.45, 7) is 0.350. The fraction of sp³-hybridized carbons (Fsp3) is 0.500. The number of primary amides is 1. The van der Waals surface area contributed by atoms with E-state index >= 15 is 0 Å². The quantitative estimate of drug-likeness (QED) is 0.564. The van der Waals surface area contributed by atoms with Gasteiger partial charge in [-0.2, -0.15) is 0 Å². The summed E-state index contributed by atoms with van der Waals surface area (Å²) < 4.78 is 0. The Balaban J connectivity index is 1.23. The molecule has 0 bridgehead atoms. The van der Waals surface area contributed by atoms with Crippen LogP contribution in [0.4, 0.5) is 4.79 Å². The third-order valence-electron chi connectivity index (χ3n) is 7.42. The molecule has 1 aliphatic carbocycles. The molecule has 4 heterocycles. The Kier molecular flexibility index (Phi) is 5.88. The van der Waals surface area contributed by atoms with Gasteiger partial charge in [0.15, 0.2) is 0 Å². The fourth-order valence-electron chi connectivity index (χ4n) is 5.59. The van der Waals surface area contributed by atoms with Crippen molar-refractivity contribution in [3.05, 3.63) is 36.3 Å². The standard InChI is InChI=1S/C24H29N6O3/c25-22(32)18-7-10-30(12-15(18)13-31)24(33)29-16-3-1-14(2-4-16)17-5-8-26-20-11-28-23-19(21(17)20)6-9-27-23/h5-6,8-9,11,14-16,18H,1-4,7,10,12-13H2,(H2,25,32)(H,27,28)(H,29,33). The minimum absolute atomic E-state index is 0.107. The van der Waals surface area contributed by atoms with Crippen molar-refractivity contribution < 1.29 is 14.7 Å². The second-order valence-electron chi connectivity index (χ2n) is 9.33. The van der Waals surface area contributed by atoms with Gasteiger partial charge in [-0.1, -0.05) is 0 Å². The highest BCUT2D eigenvalue weighted by molar-refractivity contribution is 6.05. The van der Waals surface area contributed by atoms with Crippen molar-refractivity contribution >= 4 is 33.9 Å². The molecule has 4 N–H and O–H groups in total. The Morgan fingerprint density at radius 1 is 1.15 bits per heavy atom. The second-order valence-corrected chi connectivity index (χ2v) is 9.33. The molecule has 1 saturated heterocycles. The first-order chi connectivity index (χ1) is 16.0. The Morgan fingerprint density at radius 2 is 1.97 bits per heavy atom. The average Bonchev–Trinajstić information content (AvgIpc) is 3.33. The minimum atomic E-state index is -0.439. The van der Waals surface area contributed by atoms with E-state index in [1.165, 1.54) is 5.56 Å². The first-order valence-corrected chi connectivity index (χ1v) is 11.7. The second kappa shape index (κ2) is 8.97. The van der Waals surface area contributed by atoms with Gasteiger partial charge in [-0.15, -0.1) is 0 Å². The van der Waals surface area contributed by atoms with E-state index in [4.69, 9.17) is 5.73 Å². The number of carbonyl (C=O) groups excluding carboxylic acids is 2. The van der Waals surface area contributed by atoms with E-state index in [1.54, 1.807) is 4.90 Å². The van der Waals surface area contributed by atoms with Crippen molar-refractivity contribution in [2.45, 2.75) is 44.1 Å². The van der Waals surface area contributed by atoms with Gasteiger partial charge in [0.05, 0.1) is 18.3 Å². The van der Waals surface area contributed by atoms with Crippen LogP contribution in [0, 0.1) is 11.8 Å². The summed E-state index contributed by atoms with van der Waals surface area (Å²) in [4.78, 5) is 38.2. The van der Waals surface area contributed by atoms with Crippen LogP contribution in [0.15, 0.2) is 30.7 Å². The van der Waals surface area contributed by atoms with Crippen molar-refractivity contribution in [1.82, 2.24) is 25.2 Å². The highest BCUT2D eigenvalue weighted by Gasteiger charge is 2.35. The SMILES string of the molecule is NC(=O)C1CCN(C(=O)NC2CCC(c3ccnc4cnc5[nH]ccc5c34)CC2)CC1C[O]. The maximum atomic E-state index is 12.8. The number of hydrogen-bond acceptors (Lipinski definition) is 4. The molecular formula is C24H29N6O3. The van der Waals surface area contributed by atoms with Crippen LogP contribution >= 0.6 is 0 Å². The highest BCUT2D eigenvalue weighted by atomic mass is 16.3. The highest BCUT2D eigenvalue weighted by Crippen LogP contribution is 2.38. The van der Waals surface area contributed by atoms with E-state index in [0.29, 0.717) is 25.4 Å². The van der Waals surface area contributed by atoms with Crippen LogP contribution in [0.1, 0.15) is 43.6 Å². The number of amides is 3. The van der Waals surface area contributed by atoms with E-state index in [0.717, 1.165) is 47.6 Å². The summed E-state index contributed by atoms with van der Waals surface area (Å²) >= 11 is 0. The lowest BCUT2D eigenvalue weighted by Gasteiger charge is -2.37. The number of likely N-dealkylation sites (tertiary alicyclic amines) is 1. The summed E-state index contributed by atoms with van der Waals surface area (Å²) in [6, 6.07) is 4.13. The molecule has 3 amide bonds. The molecule has 173 valence electrons. The zero-order chi connectivity index (χ0) is 22.9. The molecule has 1 radical (unpaired) electrons. The number of hydrogen-bond donors (Lipinski definition) is 3. The van der Waals surface area contributed by atoms with Gasteiger partial charge >= 0.3 is 6.03 Å². The van der Waals surface area contributed by atoms with Gasteiger partial charge in [0, 0.05) is 54.1 Å². The Bertz CT molecular complexity index is 1170. The number of H-pyrrole nitrogens is 1. The smallest absolute Gasteiger partial charge is 0.317 e. The van der Waals surface area contributed by atoms with Crippen LogP contribution in [0.2, 0.25) is 0 Å². The zero-order valence-corrected chi connectivity index (χ0v) is 18.5. The number of nitrogens with zero attached hydrogens (tertiary/aromatic N) is 3. The monoisotopic (exact) mass is 449 g/mol. The molecule has 3 aromatic rings. The lowest BCUT2D eigenvalue weighted by molar-refractivity contribution is -0.126. The van der Waals surface area contributed by atoms with Gasteiger partial charge in [-0.05, 0) is 55.7 Å². The van der Waals surface area contributed by atoms with Crippen molar-refractivity contribution in [1.29, 1.82) is 0 Å². The topological polar surface area (TPSA) is 137 Å². The molecule has 2 atom stereocenters. The first kappa shape index (κ1) is 21.6. The number of rotatable bonds is 4. The van der Waals surface area contributed by atoms with E-state index in [-0.39, 0.29) is 12.1 Å². The number of urea groups is 1. The van der Waals surface area contributed by atoms with Gasteiger partial charge in [-0.3, -0.25) is 9.78 Å². The molecule has 1 aliphatic heterocycles. The average molecular weight is 450 g/mol. The van der Waals surface area contributed by atoms with Crippen LogP contribution in [0.3, 0.4) is 0 Å². The molecule has 1 saturated carbocycles. The number of piperidine rings is 1. The van der Waals surface area contributed by atoms with Crippen molar-refractivity contribution in [3.8, 4) is 0 Å². The van der Waals surface area contributed by atoms with Crippen molar-refractivity contribution in [3.63, 3.8) is 0 Å². The van der Waals surface area contributed by atoms with Crippen LogP contribution in [0.25, 0.3) is 21.9 Å². The summed E-state index contributed by atoms with van der Waals surface area (Å²) in [7, 11) is 0. The van der Waals surface area contributed by atoms with Gasteiger partial charge in [0.2, 0.25) is 5.91 Å². The van der Waals surface area contributed by atoms with Gasteiger partial charge < -0.3 is 20.9 Å². The molecule has 0 spiro atoms. The van der Waals surface area contributed by atoms with Crippen molar-refractivity contribution in [2.24, 2.45) is 17.6 Å². The molecule has 9 heteroatoms. The van der Waals surface area contributed by atoms with E-state index in [2.05, 4.69) is 32.4 Å². The molecule has 2 aliphatic rings. The molecule has 0 aromatic carbocycles. The molecule has 2 fully saturated rings. The van der Waals surface area contributed by atoms with Gasteiger partial charge in [0.1, 0.15) is 5.65 Å². The number of aromatic nitrogens is 3. The number of pyridine rings is 2. The number of aromatic amines is 1. The number of nitrogens with two attached hydrogens (primary N) is 1. The lowest BCUT2D eigenvalue weighted by Crippen LogP contribution is -2.53. The van der Waals surface area contributed by atoms with Crippen LogP contribution in [-0.4, -0.2) is 57.5 Å². The van der Waals surface area contributed by atoms with Crippen LogP contribution in [-0.2, 0) is 9.90 Å². The summed E-state index contributed by atoms with van der Waals surface area (Å²) in [6.07, 6.45) is 9.78. The summed E-state index contributed by atoms with van der Waals surface area (Å²) in [5.41, 5.74) is 8.49. The Hall–Kier alpha value is -3.20. The largest absolute Gasteiger partial charge is 0.369 e. The summed E-state index contributed by atoms with van der Waals surface area (Å²) in [5, 5.41) is 16.9. The maximum absolute atomic E-state index is 12.8. The predicted molar refractivity (Wildman–Crippen MR) is 123 cm³/mol. The Labute approximate surface area is 191 Å². The minimum Gasteiger partial charge on any atom is -0.369 e. The van der Waals surface area contributed by atoms with Crippen LogP contribution < -0.4 is 11.1 Å². The van der Waals surface area contributed by atoms with E-state index in [9.17, 15) is 14.7 Å².